The standard InChI is InChI=1S/C16H12O4S/c17-16(18)14-10-21(19,20)15-7-6-12(9-13(14)15)8-11-4-2-1-3-5-11/h1-7,9-10H,8H2,(H,17,18). The zero-order chi connectivity index (χ0) is 15.0. The highest BCUT2D eigenvalue weighted by molar-refractivity contribution is 7.95. The average Bonchev–Trinajstić information content (AvgIpc) is 2.72. The van der Waals surface area contributed by atoms with Crippen LogP contribution in [0.25, 0.3) is 5.57 Å². The minimum atomic E-state index is -3.63. The number of sulfone groups is 1. The number of carboxylic acids is 1. The smallest absolute Gasteiger partial charge is 0.337 e. The molecular formula is C16H12O4S. The number of fused-ring (bicyclic) bond motifs is 1. The molecule has 0 saturated carbocycles. The molecule has 5 heteroatoms. The molecule has 0 fully saturated rings. The zero-order valence-electron chi connectivity index (χ0n) is 11.0. The van der Waals surface area contributed by atoms with E-state index in [2.05, 4.69) is 0 Å². The first-order chi connectivity index (χ1) is 9.97. The third-order valence-electron chi connectivity index (χ3n) is 3.40. The number of rotatable bonds is 3. The van der Waals surface area contributed by atoms with E-state index in [1.807, 2.05) is 30.3 Å². The highest BCUT2D eigenvalue weighted by atomic mass is 32.2. The summed E-state index contributed by atoms with van der Waals surface area (Å²) in [6.07, 6.45) is 0.626. The van der Waals surface area contributed by atoms with Gasteiger partial charge in [0.15, 0.2) is 0 Å². The van der Waals surface area contributed by atoms with E-state index < -0.39 is 15.8 Å². The van der Waals surface area contributed by atoms with E-state index in [4.69, 9.17) is 5.11 Å². The summed E-state index contributed by atoms with van der Waals surface area (Å²) in [5, 5.41) is 9.97. The molecule has 21 heavy (non-hydrogen) atoms. The third-order valence-corrected chi connectivity index (χ3v) is 4.91. The molecule has 4 nitrogen and oxygen atoms in total. The van der Waals surface area contributed by atoms with Gasteiger partial charge in [-0.05, 0) is 29.7 Å². The van der Waals surface area contributed by atoms with Crippen molar-refractivity contribution in [2.24, 2.45) is 0 Å². The summed E-state index contributed by atoms with van der Waals surface area (Å²) in [6.45, 7) is 0. The maximum Gasteiger partial charge on any atom is 0.337 e. The van der Waals surface area contributed by atoms with Gasteiger partial charge < -0.3 is 5.11 Å². The molecule has 0 amide bonds. The molecule has 1 aliphatic rings. The third kappa shape index (κ3) is 2.48. The lowest BCUT2D eigenvalue weighted by atomic mass is 10.00. The highest BCUT2D eigenvalue weighted by Crippen LogP contribution is 2.34. The second-order valence-corrected chi connectivity index (χ2v) is 6.64. The molecule has 0 aromatic heterocycles. The number of benzene rings is 2. The fourth-order valence-corrected chi connectivity index (χ4v) is 3.82. The second-order valence-electron chi connectivity index (χ2n) is 4.87. The number of hydrogen-bond acceptors (Lipinski definition) is 3. The van der Waals surface area contributed by atoms with Crippen molar-refractivity contribution in [3.05, 3.63) is 70.6 Å². The van der Waals surface area contributed by atoms with Crippen LogP contribution in [-0.4, -0.2) is 19.5 Å². The van der Waals surface area contributed by atoms with Crippen LogP contribution in [0, 0.1) is 0 Å². The summed E-state index contributed by atoms with van der Waals surface area (Å²) in [5.74, 6) is -1.23. The van der Waals surface area contributed by atoms with Crippen molar-refractivity contribution >= 4 is 21.4 Å². The first-order valence-corrected chi connectivity index (χ1v) is 7.89. The lowest BCUT2D eigenvalue weighted by molar-refractivity contribution is -0.130. The van der Waals surface area contributed by atoms with E-state index in [1.165, 1.54) is 6.07 Å². The first kappa shape index (κ1) is 13.6. The van der Waals surface area contributed by atoms with Gasteiger partial charge in [0.2, 0.25) is 9.84 Å². The molecule has 0 spiro atoms. The van der Waals surface area contributed by atoms with Crippen molar-refractivity contribution in [3.63, 3.8) is 0 Å². The van der Waals surface area contributed by atoms with Crippen molar-refractivity contribution in [1.82, 2.24) is 0 Å². The molecule has 0 aliphatic carbocycles. The quantitative estimate of drug-likeness (QED) is 0.945. The topological polar surface area (TPSA) is 71.4 Å². The van der Waals surface area contributed by atoms with Gasteiger partial charge in [-0.2, -0.15) is 0 Å². The Morgan fingerprint density at radius 1 is 1.00 bits per heavy atom. The normalized spacial score (nSPS) is 15.3. The number of aliphatic carboxylic acids is 1. The lowest BCUT2D eigenvalue weighted by Crippen LogP contribution is -1.99. The van der Waals surface area contributed by atoms with Crippen LogP contribution in [0.3, 0.4) is 0 Å². The Balaban J connectivity index is 2.05. The van der Waals surface area contributed by atoms with Crippen molar-refractivity contribution in [3.8, 4) is 0 Å². The van der Waals surface area contributed by atoms with Gasteiger partial charge in [-0.3, -0.25) is 0 Å². The van der Waals surface area contributed by atoms with Gasteiger partial charge in [0.05, 0.1) is 15.9 Å². The molecule has 0 unspecified atom stereocenters. The van der Waals surface area contributed by atoms with Gasteiger partial charge in [-0.25, -0.2) is 13.2 Å². The van der Waals surface area contributed by atoms with E-state index in [0.29, 0.717) is 6.42 Å². The Hall–Kier alpha value is -2.40. The molecule has 2 aromatic rings. The van der Waals surface area contributed by atoms with Gasteiger partial charge in [0, 0.05) is 5.56 Å². The Morgan fingerprint density at radius 3 is 2.38 bits per heavy atom. The average molecular weight is 300 g/mol. The van der Waals surface area contributed by atoms with Crippen molar-refractivity contribution in [1.29, 1.82) is 0 Å². The van der Waals surface area contributed by atoms with Crippen LogP contribution in [0.4, 0.5) is 0 Å². The Labute approximate surface area is 122 Å². The predicted molar refractivity (Wildman–Crippen MR) is 78.5 cm³/mol. The van der Waals surface area contributed by atoms with Crippen LogP contribution in [0.2, 0.25) is 0 Å². The fourth-order valence-electron chi connectivity index (χ4n) is 2.42. The summed E-state index contributed by atoms with van der Waals surface area (Å²) in [5.41, 5.74) is 2.07. The minimum absolute atomic E-state index is 0.0664. The van der Waals surface area contributed by atoms with Crippen LogP contribution >= 0.6 is 0 Å². The van der Waals surface area contributed by atoms with Crippen LogP contribution in [-0.2, 0) is 21.1 Å². The summed E-state index contributed by atoms with van der Waals surface area (Å²) in [7, 11) is -3.63. The molecule has 0 bridgehead atoms. The molecule has 2 aromatic carbocycles. The second kappa shape index (κ2) is 4.86. The SMILES string of the molecule is O=C(O)C1=CS(=O)(=O)c2ccc(Cc3ccccc3)cc21. The van der Waals surface area contributed by atoms with Crippen molar-refractivity contribution < 1.29 is 18.3 Å². The molecule has 0 atom stereocenters. The van der Waals surface area contributed by atoms with E-state index in [-0.39, 0.29) is 16.0 Å². The molecule has 0 radical (unpaired) electrons. The van der Waals surface area contributed by atoms with Crippen LogP contribution in [0.5, 0.6) is 0 Å². The fraction of sp³-hybridized carbons (Fsp3) is 0.0625. The lowest BCUT2D eigenvalue weighted by Gasteiger charge is -2.06. The molecule has 0 saturated heterocycles. The highest BCUT2D eigenvalue weighted by Gasteiger charge is 2.30. The monoisotopic (exact) mass is 300 g/mol. The summed E-state index contributed by atoms with van der Waals surface area (Å²) in [4.78, 5) is 11.3. The van der Waals surface area contributed by atoms with Crippen molar-refractivity contribution in [2.75, 3.05) is 0 Å². The summed E-state index contributed by atoms with van der Waals surface area (Å²) in [6, 6.07) is 14.6. The maximum absolute atomic E-state index is 11.9. The molecule has 106 valence electrons. The van der Waals surface area contributed by atoms with Gasteiger partial charge in [-0.1, -0.05) is 36.4 Å². The van der Waals surface area contributed by atoms with E-state index >= 15 is 0 Å². The van der Waals surface area contributed by atoms with Crippen molar-refractivity contribution in [2.45, 2.75) is 11.3 Å². The zero-order valence-corrected chi connectivity index (χ0v) is 11.8. The van der Waals surface area contributed by atoms with Gasteiger partial charge in [0.25, 0.3) is 0 Å². The minimum Gasteiger partial charge on any atom is -0.478 e. The van der Waals surface area contributed by atoms with Crippen LogP contribution in [0.1, 0.15) is 16.7 Å². The Bertz CT molecular complexity index is 849. The van der Waals surface area contributed by atoms with E-state index in [1.54, 1.807) is 12.1 Å². The molecule has 1 heterocycles. The Kier molecular flexibility index (Phi) is 3.14. The number of hydrogen-bond donors (Lipinski definition) is 1. The van der Waals surface area contributed by atoms with E-state index in [0.717, 1.165) is 16.5 Å². The Morgan fingerprint density at radius 2 is 1.71 bits per heavy atom. The predicted octanol–water partition coefficient (Wildman–Crippen LogP) is 2.49. The van der Waals surface area contributed by atoms with Crippen LogP contribution < -0.4 is 0 Å². The maximum atomic E-state index is 11.9. The number of carbonyl (C=O) groups is 1. The molecular weight excluding hydrogens is 288 g/mol. The summed E-state index contributed by atoms with van der Waals surface area (Å²) < 4.78 is 23.8. The van der Waals surface area contributed by atoms with Gasteiger partial charge >= 0.3 is 5.97 Å². The molecule has 1 N–H and O–H groups in total. The number of carboxylic acid groups (broad SMARTS) is 1. The molecule has 3 rings (SSSR count). The van der Waals surface area contributed by atoms with Gasteiger partial charge in [0.1, 0.15) is 0 Å². The van der Waals surface area contributed by atoms with Crippen LogP contribution in [0.15, 0.2) is 58.8 Å². The first-order valence-electron chi connectivity index (χ1n) is 6.35. The molecule has 1 aliphatic heterocycles. The van der Waals surface area contributed by atoms with E-state index in [9.17, 15) is 13.2 Å². The van der Waals surface area contributed by atoms with Gasteiger partial charge in [-0.15, -0.1) is 0 Å². The largest absolute Gasteiger partial charge is 0.478 e. The summed E-state index contributed by atoms with van der Waals surface area (Å²) >= 11 is 0.